The van der Waals surface area contributed by atoms with Gasteiger partial charge in [-0.25, -0.2) is 0 Å². The van der Waals surface area contributed by atoms with Crippen molar-refractivity contribution in [3.63, 3.8) is 0 Å². The molecule has 4 heteroatoms. The molecule has 0 N–H and O–H groups in total. The molecule has 0 aromatic heterocycles. The number of hydrogen-bond donors (Lipinski definition) is 0. The van der Waals surface area contributed by atoms with Crippen LogP contribution in [0.5, 0.6) is 0 Å². The van der Waals surface area contributed by atoms with Gasteiger partial charge in [0.15, 0.2) is 14.6 Å². The quantitative estimate of drug-likeness (QED) is 0.247. The van der Waals surface area contributed by atoms with Crippen molar-refractivity contribution in [1.82, 2.24) is 0 Å². The topological polar surface area (TPSA) is 27.7 Å². The molecule has 1 rings (SSSR count). The molecule has 164 valence electrons. The lowest BCUT2D eigenvalue weighted by Crippen LogP contribution is -2.44. The van der Waals surface area contributed by atoms with Gasteiger partial charge in [0, 0.05) is 24.9 Å². The van der Waals surface area contributed by atoms with E-state index in [1.54, 1.807) is 0 Å². The summed E-state index contributed by atoms with van der Waals surface area (Å²) in [5, 5.41) is 0.245. The zero-order valence-corrected chi connectivity index (χ0v) is 21.1. The van der Waals surface area contributed by atoms with Crippen molar-refractivity contribution in [1.29, 1.82) is 0 Å². The Bertz CT molecular complexity index is 505. The van der Waals surface area contributed by atoms with E-state index in [1.807, 2.05) is 0 Å². The van der Waals surface area contributed by atoms with Crippen molar-refractivity contribution in [3.8, 4) is 11.8 Å². The van der Waals surface area contributed by atoms with Crippen LogP contribution in [0.15, 0.2) is 0 Å². The van der Waals surface area contributed by atoms with E-state index in [1.165, 1.54) is 25.7 Å². The Balaban J connectivity index is 2.57. The fourth-order valence-corrected chi connectivity index (χ4v) is 4.00. The van der Waals surface area contributed by atoms with E-state index >= 15 is 0 Å². The summed E-state index contributed by atoms with van der Waals surface area (Å²) in [6, 6.07) is 0. The van der Waals surface area contributed by atoms with Gasteiger partial charge < -0.3 is 13.9 Å². The molecule has 0 saturated carbocycles. The van der Waals surface area contributed by atoms with E-state index in [9.17, 15) is 0 Å². The summed E-state index contributed by atoms with van der Waals surface area (Å²) in [5.41, 5.74) is -0.0343. The van der Waals surface area contributed by atoms with E-state index in [0.717, 1.165) is 25.9 Å². The maximum absolute atomic E-state index is 6.26. The monoisotopic (exact) mass is 410 g/mol. The highest BCUT2D eigenvalue weighted by Gasteiger charge is 2.37. The highest BCUT2D eigenvalue weighted by molar-refractivity contribution is 6.74. The third-order valence-corrected chi connectivity index (χ3v) is 10.5. The lowest BCUT2D eigenvalue weighted by Gasteiger charge is -2.40. The molecule has 1 saturated heterocycles. The normalized spacial score (nSPS) is 24.0. The van der Waals surface area contributed by atoms with E-state index < -0.39 is 8.32 Å². The third-order valence-electron chi connectivity index (χ3n) is 5.93. The number of rotatable bonds is 8. The fraction of sp³-hybridized carbons (Fsp3) is 0.917. The molecule has 0 bridgehead atoms. The molecule has 0 radical (unpaired) electrons. The first-order valence-electron chi connectivity index (χ1n) is 11.3. The minimum atomic E-state index is -1.68. The average Bonchev–Trinajstić information content (AvgIpc) is 2.56. The molecule has 0 unspecified atom stereocenters. The molecule has 0 aliphatic carbocycles. The van der Waals surface area contributed by atoms with Crippen LogP contribution in [0.3, 0.4) is 0 Å². The molecule has 1 aliphatic rings. The first-order chi connectivity index (χ1) is 12.9. The van der Waals surface area contributed by atoms with Crippen LogP contribution in [-0.4, -0.2) is 33.4 Å². The Morgan fingerprint density at radius 1 is 1.00 bits per heavy atom. The fourth-order valence-electron chi connectivity index (χ4n) is 2.95. The standard InChI is InChI=1S/C24H46O3Si/c1-10-11-12-13-16-20-19-21(27-22(26-20)23(2,3)4)17-14-15-18-25-28(8,9)24(5,6)7/h20-22H,10-13,15-16,18-19H2,1-9H3/t20-,21-,22-/m0/s1. The highest BCUT2D eigenvalue weighted by atomic mass is 28.4. The second-order valence-corrected chi connectivity index (χ2v) is 15.7. The molecule has 1 fully saturated rings. The van der Waals surface area contributed by atoms with Crippen LogP contribution in [0.2, 0.25) is 18.1 Å². The van der Waals surface area contributed by atoms with E-state index in [-0.39, 0.29) is 29.0 Å². The van der Waals surface area contributed by atoms with Gasteiger partial charge in [-0.1, -0.05) is 86.0 Å². The molecule has 3 nitrogen and oxygen atoms in total. The zero-order chi connectivity index (χ0) is 21.4. The molecule has 0 amide bonds. The number of hydrogen-bond acceptors (Lipinski definition) is 3. The maximum atomic E-state index is 6.26. The van der Waals surface area contributed by atoms with Gasteiger partial charge in [0.2, 0.25) is 0 Å². The van der Waals surface area contributed by atoms with Crippen molar-refractivity contribution >= 4 is 8.32 Å². The summed E-state index contributed by atoms with van der Waals surface area (Å²) in [4.78, 5) is 0. The minimum absolute atomic E-state index is 0.0259. The van der Waals surface area contributed by atoms with Gasteiger partial charge in [-0.2, -0.15) is 0 Å². The molecule has 1 heterocycles. The summed E-state index contributed by atoms with van der Waals surface area (Å²) >= 11 is 0. The Morgan fingerprint density at radius 2 is 1.68 bits per heavy atom. The Kier molecular flexibility index (Phi) is 10.2. The van der Waals surface area contributed by atoms with Gasteiger partial charge in [0.1, 0.15) is 6.10 Å². The molecule has 0 aromatic carbocycles. The van der Waals surface area contributed by atoms with E-state index in [2.05, 4.69) is 73.4 Å². The van der Waals surface area contributed by atoms with Gasteiger partial charge in [-0.15, -0.1) is 0 Å². The summed E-state index contributed by atoms with van der Waals surface area (Å²) in [5.74, 6) is 6.68. The lowest BCUT2D eigenvalue weighted by atomic mass is 9.93. The van der Waals surface area contributed by atoms with Crippen molar-refractivity contribution < 1.29 is 13.9 Å². The van der Waals surface area contributed by atoms with Crippen LogP contribution in [0.25, 0.3) is 0 Å². The van der Waals surface area contributed by atoms with Crippen LogP contribution in [0, 0.1) is 17.3 Å². The van der Waals surface area contributed by atoms with Crippen molar-refractivity contribution in [2.75, 3.05) is 6.61 Å². The second-order valence-electron chi connectivity index (χ2n) is 10.8. The summed E-state index contributed by atoms with van der Waals surface area (Å²) in [6.45, 7) is 20.9. The molecular formula is C24H46O3Si. The number of unbranched alkanes of at least 4 members (excludes halogenated alkanes) is 3. The smallest absolute Gasteiger partial charge is 0.192 e. The van der Waals surface area contributed by atoms with Crippen LogP contribution >= 0.6 is 0 Å². The molecular weight excluding hydrogens is 364 g/mol. The molecule has 1 aliphatic heterocycles. The van der Waals surface area contributed by atoms with Crippen molar-refractivity contribution in [3.05, 3.63) is 0 Å². The van der Waals surface area contributed by atoms with Crippen molar-refractivity contribution in [2.45, 2.75) is 130 Å². The van der Waals surface area contributed by atoms with Gasteiger partial charge in [-0.05, 0) is 24.6 Å². The largest absolute Gasteiger partial charge is 0.416 e. The summed E-state index contributed by atoms with van der Waals surface area (Å²) < 4.78 is 18.7. The molecule has 3 atom stereocenters. The average molecular weight is 411 g/mol. The predicted molar refractivity (Wildman–Crippen MR) is 122 cm³/mol. The predicted octanol–water partition coefficient (Wildman–Crippen LogP) is 6.92. The van der Waals surface area contributed by atoms with Gasteiger partial charge >= 0.3 is 0 Å². The van der Waals surface area contributed by atoms with Gasteiger partial charge in [0.05, 0.1) is 6.10 Å². The van der Waals surface area contributed by atoms with E-state index in [4.69, 9.17) is 13.9 Å². The summed E-state index contributed by atoms with van der Waals surface area (Å²) in [6.07, 6.45) is 7.92. The van der Waals surface area contributed by atoms with Gasteiger partial charge in [0.25, 0.3) is 0 Å². The van der Waals surface area contributed by atoms with E-state index in [0.29, 0.717) is 0 Å². The number of ether oxygens (including phenoxy) is 2. The zero-order valence-electron chi connectivity index (χ0n) is 20.1. The Hall–Kier alpha value is -0.343. The Labute approximate surface area is 176 Å². The van der Waals surface area contributed by atoms with Crippen LogP contribution < -0.4 is 0 Å². The molecule has 0 spiro atoms. The van der Waals surface area contributed by atoms with Crippen LogP contribution in [0.4, 0.5) is 0 Å². The third kappa shape index (κ3) is 8.99. The van der Waals surface area contributed by atoms with Crippen LogP contribution in [-0.2, 0) is 13.9 Å². The first kappa shape index (κ1) is 25.7. The highest BCUT2D eigenvalue weighted by Crippen LogP contribution is 2.36. The molecule has 0 aromatic rings. The SMILES string of the molecule is CCCCCC[C@H]1C[C@H](C#CCCO[Si](C)(C)C(C)(C)C)O[C@@H](C(C)(C)C)O1. The van der Waals surface area contributed by atoms with Gasteiger partial charge in [-0.3, -0.25) is 0 Å². The first-order valence-corrected chi connectivity index (χ1v) is 14.2. The summed E-state index contributed by atoms with van der Waals surface area (Å²) in [7, 11) is -1.68. The second kappa shape index (κ2) is 11.2. The minimum Gasteiger partial charge on any atom is -0.416 e. The molecule has 28 heavy (non-hydrogen) atoms. The Morgan fingerprint density at radius 3 is 2.25 bits per heavy atom. The maximum Gasteiger partial charge on any atom is 0.192 e. The van der Waals surface area contributed by atoms with Crippen molar-refractivity contribution in [2.24, 2.45) is 5.41 Å². The van der Waals surface area contributed by atoms with Crippen LogP contribution in [0.1, 0.15) is 93.4 Å². The lowest BCUT2D eigenvalue weighted by molar-refractivity contribution is -0.268.